The second-order valence-electron chi connectivity index (χ2n) is 5.88. The molecule has 0 amide bonds. The van der Waals surface area contributed by atoms with E-state index >= 15 is 0 Å². The molecule has 1 heterocycles. The molecule has 1 aliphatic heterocycles. The van der Waals surface area contributed by atoms with Gasteiger partial charge >= 0.3 is 0 Å². The second kappa shape index (κ2) is 5.65. The summed E-state index contributed by atoms with van der Waals surface area (Å²) in [7, 11) is 1.78. The fraction of sp³-hybridized carbons (Fsp3) is 1.00. The monoisotopic (exact) mass is 242 g/mol. The van der Waals surface area contributed by atoms with Gasteiger partial charge in [0, 0.05) is 25.2 Å². The van der Waals surface area contributed by atoms with E-state index < -0.39 is 0 Å². The highest BCUT2D eigenvalue weighted by molar-refractivity contribution is 4.95. The largest absolute Gasteiger partial charge is 0.394 e. The topological polar surface area (TPSA) is 58.7 Å². The van der Waals surface area contributed by atoms with E-state index in [4.69, 9.17) is 10.5 Å². The van der Waals surface area contributed by atoms with Crippen molar-refractivity contribution in [3.05, 3.63) is 0 Å². The summed E-state index contributed by atoms with van der Waals surface area (Å²) in [5.74, 6) is 0.684. The molecule has 1 saturated heterocycles. The smallest absolute Gasteiger partial charge is 0.0611 e. The summed E-state index contributed by atoms with van der Waals surface area (Å²) in [6, 6.07) is 0.572. The van der Waals surface area contributed by atoms with E-state index in [-0.39, 0.29) is 12.1 Å². The third-order valence-electron chi connectivity index (χ3n) is 4.41. The molecule has 0 aromatic rings. The molecule has 0 aromatic carbocycles. The van der Waals surface area contributed by atoms with Crippen LogP contribution in [0.1, 0.15) is 32.1 Å². The highest BCUT2D eigenvalue weighted by atomic mass is 16.5. The lowest BCUT2D eigenvalue weighted by molar-refractivity contribution is 0.0870. The molecule has 3 atom stereocenters. The van der Waals surface area contributed by atoms with Crippen LogP contribution in [0.5, 0.6) is 0 Å². The highest BCUT2D eigenvalue weighted by Crippen LogP contribution is 2.32. The van der Waals surface area contributed by atoms with Gasteiger partial charge in [-0.25, -0.2) is 0 Å². The third kappa shape index (κ3) is 3.19. The van der Waals surface area contributed by atoms with Crippen LogP contribution >= 0.6 is 0 Å². The van der Waals surface area contributed by atoms with Gasteiger partial charge in [-0.3, -0.25) is 4.90 Å². The van der Waals surface area contributed by atoms with Crippen molar-refractivity contribution in [3.8, 4) is 0 Å². The number of aliphatic hydroxyl groups excluding tert-OH is 1. The first-order chi connectivity index (χ1) is 8.17. The molecule has 17 heavy (non-hydrogen) atoms. The number of nitrogens with two attached hydrogens (primary N) is 1. The highest BCUT2D eigenvalue weighted by Gasteiger charge is 2.37. The van der Waals surface area contributed by atoms with Crippen LogP contribution in [-0.2, 0) is 4.74 Å². The molecule has 1 aliphatic carbocycles. The van der Waals surface area contributed by atoms with Gasteiger partial charge in [0.25, 0.3) is 0 Å². The molecule has 2 rings (SSSR count). The lowest BCUT2D eigenvalue weighted by Gasteiger charge is -2.40. The molecule has 0 radical (unpaired) electrons. The SMILES string of the molecule is COCC1CCN(C2CCCC(N)(CO)C2)C1. The van der Waals surface area contributed by atoms with E-state index in [1.807, 2.05) is 0 Å². The first kappa shape index (κ1) is 13.3. The molecule has 3 unspecified atom stereocenters. The van der Waals surface area contributed by atoms with Crippen LogP contribution in [0.3, 0.4) is 0 Å². The predicted molar refractivity (Wildman–Crippen MR) is 67.8 cm³/mol. The number of aliphatic hydroxyl groups is 1. The van der Waals surface area contributed by atoms with Crippen molar-refractivity contribution < 1.29 is 9.84 Å². The van der Waals surface area contributed by atoms with Crippen molar-refractivity contribution in [2.24, 2.45) is 11.7 Å². The summed E-state index contributed by atoms with van der Waals surface area (Å²) in [5.41, 5.74) is 5.88. The van der Waals surface area contributed by atoms with Crippen LogP contribution in [0.25, 0.3) is 0 Å². The van der Waals surface area contributed by atoms with Crippen LogP contribution in [-0.4, -0.2) is 55.0 Å². The zero-order chi connectivity index (χ0) is 12.3. The van der Waals surface area contributed by atoms with E-state index in [1.54, 1.807) is 7.11 Å². The molecule has 4 nitrogen and oxygen atoms in total. The van der Waals surface area contributed by atoms with E-state index in [1.165, 1.54) is 19.4 Å². The molecule has 2 fully saturated rings. The van der Waals surface area contributed by atoms with Gasteiger partial charge in [0.15, 0.2) is 0 Å². The Kier molecular flexibility index (Phi) is 4.42. The van der Waals surface area contributed by atoms with Crippen LogP contribution in [0, 0.1) is 5.92 Å². The maximum Gasteiger partial charge on any atom is 0.0611 e. The molecular weight excluding hydrogens is 216 g/mol. The van der Waals surface area contributed by atoms with Crippen LogP contribution in [0.2, 0.25) is 0 Å². The van der Waals surface area contributed by atoms with Crippen molar-refractivity contribution in [2.75, 3.05) is 33.4 Å². The van der Waals surface area contributed by atoms with Gasteiger partial charge in [0.1, 0.15) is 0 Å². The van der Waals surface area contributed by atoms with Crippen molar-refractivity contribution in [1.82, 2.24) is 4.90 Å². The zero-order valence-corrected chi connectivity index (χ0v) is 10.9. The number of methoxy groups -OCH3 is 1. The minimum atomic E-state index is -0.331. The van der Waals surface area contributed by atoms with Gasteiger partial charge in [-0.05, 0) is 44.6 Å². The Morgan fingerprint density at radius 3 is 3.00 bits per heavy atom. The Hall–Kier alpha value is -0.160. The maximum atomic E-state index is 9.38. The fourth-order valence-corrected chi connectivity index (χ4v) is 3.38. The Bertz CT molecular complexity index is 250. The molecule has 1 saturated carbocycles. The maximum absolute atomic E-state index is 9.38. The minimum Gasteiger partial charge on any atom is -0.394 e. The number of ether oxygens (including phenoxy) is 1. The average Bonchev–Trinajstić information content (AvgIpc) is 2.78. The third-order valence-corrected chi connectivity index (χ3v) is 4.41. The summed E-state index contributed by atoms with van der Waals surface area (Å²) in [5, 5.41) is 9.38. The lowest BCUT2D eigenvalue weighted by Crippen LogP contribution is -2.52. The zero-order valence-electron chi connectivity index (χ0n) is 10.9. The number of hydrogen-bond donors (Lipinski definition) is 2. The molecule has 4 heteroatoms. The predicted octanol–water partition coefficient (Wildman–Crippen LogP) is 0.587. The van der Waals surface area contributed by atoms with Gasteiger partial charge in [-0.2, -0.15) is 0 Å². The van der Waals surface area contributed by atoms with E-state index in [0.717, 1.165) is 32.4 Å². The molecule has 100 valence electrons. The van der Waals surface area contributed by atoms with Crippen molar-refractivity contribution in [2.45, 2.75) is 43.7 Å². The van der Waals surface area contributed by atoms with Gasteiger partial charge in [-0.15, -0.1) is 0 Å². The summed E-state index contributed by atoms with van der Waals surface area (Å²) in [6.45, 7) is 3.30. The van der Waals surface area contributed by atoms with Crippen LogP contribution in [0.4, 0.5) is 0 Å². The van der Waals surface area contributed by atoms with Crippen molar-refractivity contribution >= 4 is 0 Å². The van der Waals surface area contributed by atoms with Crippen molar-refractivity contribution in [1.29, 1.82) is 0 Å². The summed E-state index contributed by atoms with van der Waals surface area (Å²) >= 11 is 0. The Morgan fingerprint density at radius 2 is 2.29 bits per heavy atom. The molecule has 2 aliphatic rings. The van der Waals surface area contributed by atoms with E-state index in [2.05, 4.69) is 4.90 Å². The minimum absolute atomic E-state index is 0.124. The van der Waals surface area contributed by atoms with E-state index in [0.29, 0.717) is 12.0 Å². The van der Waals surface area contributed by atoms with Gasteiger partial charge < -0.3 is 15.6 Å². The molecule has 0 bridgehead atoms. The molecule has 3 N–H and O–H groups in total. The number of hydrogen-bond acceptors (Lipinski definition) is 4. The van der Waals surface area contributed by atoms with E-state index in [9.17, 15) is 5.11 Å². The van der Waals surface area contributed by atoms with Crippen molar-refractivity contribution in [3.63, 3.8) is 0 Å². The second-order valence-corrected chi connectivity index (χ2v) is 5.88. The normalized spacial score (nSPS) is 39.7. The lowest BCUT2D eigenvalue weighted by atomic mass is 9.80. The number of nitrogens with zero attached hydrogens (tertiary/aromatic N) is 1. The number of likely N-dealkylation sites (tertiary alicyclic amines) is 1. The van der Waals surface area contributed by atoms with Gasteiger partial charge in [0.2, 0.25) is 0 Å². The Balaban J connectivity index is 1.86. The first-order valence-corrected chi connectivity index (χ1v) is 6.79. The van der Waals surface area contributed by atoms with Crippen LogP contribution in [0.15, 0.2) is 0 Å². The summed E-state index contributed by atoms with van der Waals surface area (Å²) < 4.78 is 5.23. The first-order valence-electron chi connectivity index (χ1n) is 6.79. The fourth-order valence-electron chi connectivity index (χ4n) is 3.38. The van der Waals surface area contributed by atoms with Gasteiger partial charge in [0.05, 0.1) is 13.2 Å². The molecule has 0 spiro atoms. The quantitative estimate of drug-likeness (QED) is 0.757. The van der Waals surface area contributed by atoms with Crippen LogP contribution < -0.4 is 5.73 Å². The summed E-state index contributed by atoms with van der Waals surface area (Å²) in [6.07, 6.45) is 5.53. The molecule has 0 aromatic heterocycles. The molecular formula is C13H26N2O2. The average molecular weight is 242 g/mol. The standard InChI is InChI=1S/C13H26N2O2/c1-17-9-11-4-6-15(8-11)12-3-2-5-13(14,7-12)10-16/h11-12,16H,2-10,14H2,1H3. The summed E-state index contributed by atoms with van der Waals surface area (Å²) in [4.78, 5) is 2.56. The number of rotatable bonds is 4. The Morgan fingerprint density at radius 1 is 1.47 bits per heavy atom. The Labute approximate surface area is 104 Å². The van der Waals surface area contributed by atoms with Gasteiger partial charge in [-0.1, -0.05) is 0 Å².